The van der Waals surface area contributed by atoms with Crippen molar-refractivity contribution in [2.75, 3.05) is 26.3 Å². The number of aromatic nitrogens is 1. The van der Waals surface area contributed by atoms with Gasteiger partial charge in [-0.15, -0.1) is 0 Å². The summed E-state index contributed by atoms with van der Waals surface area (Å²) in [5.41, 5.74) is 2.47. The molecule has 1 N–H and O–H groups in total. The van der Waals surface area contributed by atoms with Crippen molar-refractivity contribution in [3.05, 3.63) is 58.4 Å². The van der Waals surface area contributed by atoms with E-state index in [2.05, 4.69) is 4.98 Å². The van der Waals surface area contributed by atoms with E-state index in [0.29, 0.717) is 24.4 Å². The normalized spacial score (nSPS) is 15.7. The van der Waals surface area contributed by atoms with Gasteiger partial charge in [-0.2, -0.15) is 0 Å². The Kier molecular flexibility index (Phi) is 7.45. The molecule has 0 aliphatic carbocycles. The number of hydrogen-bond acceptors (Lipinski definition) is 6. The molecule has 1 saturated heterocycles. The van der Waals surface area contributed by atoms with Gasteiger partial charge in [-0.3, -0.25) is 14.4 Å². The fourth-order valence-corrected chi connectivity index (χ4v) is 3.97. The van der Waals surface area contributed by atoms with E-state index in [-0.39, 0.29) is 36.6 Å². The van der Waals surface area contributed by atoms with Crippen molar-refractivity contribution in [3.63, 3.8) is 0 Å². The summed E-state index contributed by atoms with van der Waals surface area (Å²) >= 11 is 0. The summed E-state index contributed by atoms with van der Waals surface area (Å²) in [5.74, 6) is -2.38. The van der Waals surface area contributed by atoms with Crippen molar-refractivity contribution < 1.29 is 28.7 Å². The first-order valence-corrected chi connectivity index (χ1v) is 10.7. The minimum Gasteiger partial charge on any atom is -0.462 e. The molecule has 0 saturated carbocycles. The summed E-state index contributed by atoms with van der Waals surface area (Å²) in [6.07, 6.45) is 0.772. The molecule has 1 unspecified atom stereocenters. The second-order valence-electron chi connectivity index (χ2n) is 7.85. The van der Waals surface area contributed by atoms with Gasteiger partial charge in [0, 0.05) is 30.9 Å². The minimum absolute atomic E-state index is 0.0676. The number of ketones is 1. The number of rotatable bonds is 9. The number of carbonyl (C=O) groups is 4. The van der Waals surface area contributed by atoms with Gasteiger partial charge in [0.25, 0.3) is 0 Å². The summed E-state index contributed by atoms with van der Waals surface area (Å²) in [7, 11) is 0. The summed E-state index contributed by atoms with van der Waals surface area (Å²) in [4.78, 5) is 54.4. The molecular formula is C24H28N2O6. The van der Waals surface area contributed by atoms with Crippen molar-refractivity contribution in [2.45, 2.75) is 33.6 Å². The zero-order chi connectivity index (χ0) is 23.3. The third-order valence-electron chi connectivity index (χ3n) is 5.54. The number of benzene rings is 1. The number of nitrogens with zero attached hydrogens (tertiary/aromatic N) is 1. The Labute approximate surface area is 186 Å². The third-order valence-corrected chi connectivity index (χ3v) is 5.54. The Morgan fingerprint density at radius 3 is 2.44 bits per heavy atom. The smallest absolute Gasteiger partial charge is 0.340 e. The maximum absolute atomic E-state index is 12.7. The number of nitrogens with one attached hydrogen (secondary N) is 1. The minimum atomic E-state index is -0.607. The highest BCUT2D eigenvalue weighted by Gasteiger charge is 2.35. The number of Topliss-reactive ketones (excluding diaryl/α,β-unsaturated/α-hetero) is 1. The van der Waals surface area contributed by atoms with Crippen LogP contribution in [0.1, 0.15) is 51.0 Å². The van der Waals surface area contributed by atoms with Crippen LogP contribution in [0.25, 0.3) is 0 Å². The second-order valence-corrected chi connectivity index (χ2v) is 7.85. The Bertz CT molecular complexity index is 1010. The summed E-state index contributed by atoms with van der Waals surface area (Å²) in [5, 5.41) is 0. The molecule has 0 bridgehead atoms. The Balaban J connectivity index is 1.56. The number of esters is 2. The lowest BCUT2D eigenvalue weighted by Crippen LogP contribution is -2.29. The van der Waals surface area contributed by atoms with Crippen LogP contribution in [0.2, 0.25) is 0 Å². The number of ether oxygens (including phenoxy) is 2. The van der Waals surface area contributed by atoms with E-state index in [1.165, 1.54) is 0 Å². The first-order valence-electron chi connectivity index (χ1n) is 10.7. The number of hydrogen-bond donors (Lipinski definition) is 1. The summed E-state index contributed by atoms with van der Waals surface area (Å²) < 4.78 is 10.3. The molecule has 1 amide bonds. The van der Waals surface area contributed by atoms with E-state index in [1.807, 2.05) is 30.3 Å². The van der Waals surface area contributed by atoms with Crippen LogP contribution < -0.4 is 0 Å². The van der Waals surface area contributed by atoms with E-state index in [1.54, 1.807) is 25.7 Å². The SMILES string of the molecule is CCOC(=O)c1c(C)[nH]c(C)c1C(=O)COC(=O)C1CC(=O)N(CCc2ccccc2)C1. The number of carbonyl (C=O) groups excluding carboxylic acids is 4. The first kappa shape index (κ1) is 23.2. The van der Waals surface area contributed by atoms with Crippen LogP contribution in [-0.2, 0) is 25.5 Å². The molecule has 3 rings (SSSR count). The summed E-state index contributed by atoms with van der Waals surface area (Å²) in [6, 6.07) is 9.81. The molecule has 2 heterocycles. The molecule has 1 aliphatic rings. The average molecular weight is 440 g/mol. The molecule has 2 aromatic rings. The standard InChI is InChI=1S/C24H28N2O6/c1-4-31-24(30)22-16(3)25-15(2)21(22)19(27)14-32-23(29)18-12-20(28)26(13-18)11-10-17-8-6-5-7-9-17/h5-9,18,25H,4,10-14H2,1-3H3. The van der Waals surface area contributed by atoms with Gasteiger partial charge in [0.2, 0.25) is 11.7 Å². The second kappa shape index (κ2) is 10.3. The Hall–Kier alpha value is -3.42. The largest absolute Gasteiger partial charge is 0.462 e. The zero-order valence-corrected chi connectivity index (χ0v) is 18.6. The van der Waals surface area contributed by atoms with Crippen LogP contribution >= 0.6 is 0 Å². The van der Waals surface area contributed by atoms with E-state index >= 15 is 0 Å². The van der Waals surface area contributed by atoms with Gasteiger partial charge >= 0.3 is 11.9 Å². The van der Waals surface area contributed by atoms with Gasteiger partial charge in [-0.05, 0) is 32.8 Å². The van der Waals surface area contributed by atoms with Crippen molar-refractivity contribution in [3.8, 4) is 0 Å². The number of likely N-dealkylation sites (tertiary alicyclic amines) is 1. The number of aryl methyl sites for hydroxylation is 2. The lowest BCUT2D eigenvalue weighted by atomic mass is 10.0. The predicted octanol–water partition coefficient (Wildman–Crippen LogP) is 2.63. The molecule has 1 aromatic carbocycles. The molecule has 1 fully saturated rings. The zero-order valence-electron chi connectivity index (χ0n) is 18.6. The lowest BCUT2D eigenvalue weighted by molar-refractivity contribution is -0.147. The molecule has 32 heavy (non-hydrogen) atoms. The molecular weight excluding hydrogens is 412 g/mol. The van der Waals surface area contributed by atoms with E-state index in [9.17, 15) is 19.2 Å². The van der Waals surface area contributed by atoms with Gasteiger partial charge < -0.3 is 19.4 Å². The maximum Gasteiger partial charge on any atom is 0.340 e. The molecule has 170 valence electrons. The molecule has 8 nitrogen and oxygen atoms in total. The molecule has 1 atom stereocenters. The van der Waals surface area contributed by atoms with E-state index in [0.717, 1.165) is 5.56 Å². The highest BCUT2D eigenvalue weighted by Crippen LogP contribution is 2.22. The van der Waals surface area contributed by atoms with Gasteiger partial charge in [-0.25, -0.2) is 4.79 Å². The van der Waals surface area contributed by atoms with Crippen LogP contribution in [0.4, 0.5) is 0 Å². The van der Waals surface area contributed by atoms with Crippen LogP contribution in [0.15, 0.2) is 30.3 Å². The fourth-order valence-electron chi connectivity index (χ4n) is 3.97. The topological polar surface area (TPSA) is 106 Å². The van der Waals surface area contributed by atoms with Gasteiger partial charge in [-0.1, -0.05) is 30.3 Å². The fraction of sp³-hybridized carbons (Fsp3) is 0.417. The highest BCUT2D eigenvalue weighted by atomic mass is 16.5. The maximum atomic E-state index is 12.7. The predicted molar refractivity (Wildman–Crippen MR) is 116 cm³/mol. The molecule has 0 spiro atoms. The molecule has 1 aliphatic heterocycles. The average Bonchev–Trinajstić information content (AvgIpc) is 3.29. The van der Waals surface area contributed by atoms with Crippen LogP contribution in [-0.4, -0.2) is 59.8 Å². The Morgan fingerprint density at radius 2 is 1.75 bits per heavy atom. The molecule has 8 heteroatoms. The quantitative estimate of drug-likeness (QED) is 0.475. The highest BCUT2D eigenvalue weighted by molar-refractivity contribution is 6.09. The molecule has 1 aromatic heterocycles. The lowest BCUT2D eigenvalue weighted by Gasteiger charge is -2.16. The first-order chi connectivity index (χ1) is 15.3. The van der Waals surface area contributed by atoms with Gasteiger partial charge in [0.05, 0.1) is 23.7 Å². The van der Waals surface area contributed by atoms with Crippen molar-refractivity contribution >= 4 is 23.6 Å². The molecule has 0 radical (unpaired) electrons. The van der Waals surface area contributed by atoms with Crippen LogP contribution in [0.3, 0.4) is 0 Å². The summed E-state index contributed by atoms with van der Waals surface area (Å²) in [6.45, 7) is 5.51. The van der Waals surface area contributed by atoms with Crippen molar-refractivity contribution in [1.82, 2.24) is 9.88 Å². The Morgan fingerprint density at radius 1 is 1.06 bits per heavy atom. The third kappa shape index (κ3) is 5.25. The van der Waals surface area contributed by atoms with E-state index < -0.39 is 30.2 Å². The van der Waals surface area contributed by atoms with Crippen LogP contribution in [0, 0.1) is 19.8 Å². The monoisotopic (exact) mass is 440 g/mol. The van der Waals surface area contributed by atoms with Gasteiger partial charge in [0.1, 0.15) is 0 Å². The van der Waals surface area contributed by atoms with E-state index in [4.69, 9.17) is 9.47 Å². The van der Waals surface area contributed by atoms with Gasteiger partial charge in [0.15, 0.2) is 6.61 Å². The number of amides is 1. The van der Waals surface area contributed by atoms with Crippen LogP contribution in [0.5, 0.6) is 0 Å². The van der Waals surface area contributed by atoms with Crippen molar-refractivity contribution in [2.24, 2.45) is 5.92 Å². The number of aromatic amines is 1. The van der Waals surface area contributed by atoms with Crippen molar-refractivity contribution in [1.29, 1.82) is 0 Å². The number of H-pyrrole nitrogens is 1.